The van der Waals surface area contributed by atoms with Gasteiger partial charge in [-0.3, -0.25) is 19.7 Å². The SMILES string of the molecule is CCOc1cc(/C=C2\C(=O)NC(=O)N(c3cccc(Cl)c3C)C2=O)cc(Cl)c1OCC(=O)Nc1ccccc1. The van der Waals surface area contributed by atoms with Crippen LogP contribution < -0.4 is 25.0 Å². The molecule has 0 aliphatic carbocycles. The number of hydrogen-bond donors (Lipinski definition) is 2. The zero-order valence-electron chi connectivity index (χ0n) is 20.9. The topological polar surface area (TPSA) is 114 Å². The molecular weight excluding hydrogens is 545 g/mol. The first-order valence-electron chi connectivity index (χ1n) is 11.8. The van der Waals surface area contributed by atoms with E-state index in [-0.39, 0.29) is 41.0 Å². The van der Waals surface area contributed by atoms with E-state index in [2.05, 4.69) is 10.6 Å². The number of rotatable bonds is 8. The Morgan fingerprint density at radius 2 is 1.74 bits per heavy atom. The van der Waals surface area contributed by atoms with Crippen molar-refractivity contribution in [1.82, 2.24) is 5.32 Å². The predicted octanol–water partition coefficient (Wildman–Crippen LogP) is 5.38. The van der Waals surface area contributed by atoms with Crippen LogP contribution in [0.5, 0.6) is 11.5 Å². The highest BCUT2D eigenvalue weighted by Crippen LogP contribution is 2.38. The molecule has 0 saturated carbocycles. The lowest BCUT2D eigenvalue weighted by atomic mass is 10.1. The molecule has 200 valence electrons. The normalized spacial score (nSPS) is 14.3. The van der Waals surface area contributed by atoms with Gasteiger partial charge in [0, 0.05) is 10.7 Å². The number of para-hydroxylation sites is 1. The summed E-state index contributed by atoms with van der Waals surface area (Å²) in [6.45, 7) is 3.32. The lowest BCUT2D eigenvalue weighted by Gasteiger charge is -2.27. The number of imide groups is 2. The zero-order chi connectivity index (χ0) is 28.1. The molecular formula is C28H23Cl2N3O6. The van der Waals surface area contributed by atoms with Gasteiger partial charge in [-0.15, -0.1) is 0 Å². The number of anilines is 2. The van der Waals surface area contributed by atoms with Crippen LogP contribution in [-0.4, -0.2) is 37.0 Å². The molecule has 3 aromatic carbocycles. The highest BCUT2D eigenvalue weighted by molar-refractivity contribution is 6.40. The molecule has 1 fully saturated rings. The van der Waals surface area contributed by atoms with Crippen LogP contribution >= 0.6 is 23.2 Å². The molecule has 1 aliphatic rings. The number of hydrogen-bond acceptors (Lipinski definition) is 6. The van der Waals surface area contributed by atoms with Crippen molar-refractivity contribution in [2.75, 3.05) is 23.4 Å². The van der Waals surface area contributed by atoms with E-state index in [0.717, 1.165) is 4.90 Å². The Morgan fingerprint density at radius 1 is 1.00 bits per heavy atom. The van der Waals surface area contributed by atoms with E-state index in [1.165, 1.54) is 18.2 Å². The van der Waals surface area contributed by atoms with Gasteiger partial charge in [-0.2, -0.15) is 0 Å². The second-order valence-electron chi connectivity index (χ2n) is 8.31. The minimum absolute atomic E-state index is 0.0857. The van der Waals surface area contributed by atoms with Crippen LogP contribution in [0.25, 0.3) is 6.08 Å². The molecule has 2 N–H and O–H groups in total. The van der Waals surface area contributed by atoms with E-state index in [0.29, 0.717) is 21.8 Å². The summed E-state index contributed by atoms with van der Waals surface area (Å²) in [4.78, 5) is 51.7. The first-order valence-corrected chi connectivity index (χ1v) is 12.6. The maximum Gasteiger partial charge on any atom is 0.335 e. The Labute approximate surface area is 234 Å². The molecule has 9 nitrogen and oxygen atoms in total. The number of carbonyl (C=O) groups is 4. The summed E-state index contributed by atoms with van der Waals surface area (Å²) < 4.78 is 11.3. The monoisotopic (exact) mass is 567 g/mol. The Kier molecular flexibility index (Phi) is 8.53. The molecule has 0 bridgehead atoms. The number of ether oxygens (including phenoxy) is 2. The Hall–Kier alpha value is -4.34. The molecule has 0 atom stereocenters. The van der Waals surface area contributed by atoms with Crippen LogP contribution in [0.3, 0.4) is 0 Å². The highest BCUT2D eigenvalue weighted by Gasteiger charge is 2.37. The van der Waals surface area contributed by atoms with Crippen LogP contribution in [0.4, 0.5) is 16.2 Å². The standard InChI is InChI=1S/C28H23Cl2N3O6/c1-3-38-23-14-17(13-21(30)25(23)39-15-24(34)31-18-8-5-4-6-9-18)12-19-26(35)32-28(37)33(27(19)36)22-11-7-10-20(29)16(22)2/h4-14H,3,15H2,1-2H3,(H,31,34)(H,32,35,37)/b19-12+. The maximum atomic E-state index is 13.3. The Bertz CT molecular complexity index is 1490. The van der Waals surface area contributed by atoms with Crippen molar-refractivity contribution in [2.45, 2.75) is 13.8 Å². The van der Waals surface area contributed by atoms with Gasteiger partial charge in [0.25, 0.3) is 17.7 Å². The van der Waals surface area contributed by atoms with E-state index in [1.807, 2.05) is 6.07 Å². The van der Waals surface area contributed by atoms with Gasteiger partial charge in [-0.25, -0.2) is 9.69 Å². The minimum Gasteiger partial charge on any atom is -0.490 e. The van der Waals surface area contributed by atoms with E-state index < -0.39 is 23.8 Å². The van der Waals surface area contributed by atoms with Gasteiger partial charge < -0.3 is 14.8 Å². The predicted molar refractivity (Wildman–Crippen MR) is 148 cm³/mol. The fraction of sp³-hybridized carbons (Fsp3) is 0.143. The van der Waals surface area contributed by atoms with Gasteiger partial charge in [0.15, 0.2) is 18.1 Å². The van der Waals surface area contributed by atoms with Crippen LogP contribution in [0, 0.1) is 6.92 Å². The van der Waals surface area contributed by atoms with Crippen molar-refractivity contribution >= 4 is 64.4 Å². The van der Waals surface area contributed by atoms with Crippen LogP contribution in [-0.2, 0) is 14.4 Å². The number of barbiturate groups is 1. The fourth-order valence-electron chi connectivity index (χ4n) is 3.81. The van der Waals surface area contributed by atoms with Crippen LogP contribution in [0.2, 0.25) is 10.0 Å². The lowest BCUT2D eigenvalue weighted by molar-refractivity contribution is -0.122. The molecule has 4 rings (SSSR count). The minimum atomic E-state index is -0.891. The molecule has 0 spiro atoms. The molecule has 5 amide bonds. The van der Waals surface area contributed by atoms with Crippen LogP contribution in [0.1, 0.15) is 18.1 Å². The number of benzene rings is 3. The van der Waals surface area contributed by atoms with Gasteiger partial charge in [0.2, 0.25) is 0 Å². The smallest absolute Gasteiger partial charge is 0.335 e. The van der Waals surface area contributed by atoms with Crippen molar-refractivity contribution in [3.63, 3.8) is 0 Å². The molecule has 39 heavy (non-hydrogen) atoms. The van der Waals surface area contributed by atoms with Crippen molar-refractivity contribution in [1.29, 1.82) is 0 Å². The van der Waals surface area contributed by atoms with Crippen molar-refractivity contribution in [3.05, 3.63) is 87.4 Å². The average molecular weight is 568 g/mol. The third-order valence-electron chi connectivity index (χ3n) is 5.63. The number of nitrogens with zero attached hydrogens (tertiary/aromatic N) is 1. The summed E-state index contributed by atoms with van der Waals surface area (Å²) in [7, 11) is 0. The van der Waals surface area contributed by atoms with E-state index >= 15 is 0 Å². The third kappa shape index (κ3) is 6.22. The zero-order valence-corrected chi connectivity index (χ0v) is 22.4. The van der Waals surface area contributed by atoms with Crippen molar-refractivity contribution in [3.8, 4) is 11.5 Å². The molecule has 1 aliphatic heterocycles. The summed E-state index contributed by atoms with van der Waals surface area (Å²) in [6.07, 6.45) is 1.29. The van der Waals surface area contributed by atoms with E-state index in [1.54, 1.807) is 56.3 Å². The molecule has 3 aromatic rings. The second-order valence-corrected chi connectivity index (χ2v) is 9.12. The maximum absolute atomic E-state index is 13.3. The fourth-order valence-corrected chi connectivity index (χ4v) is 4.26. The van der Waals surface area contributed by atoms with Gasteiger partial charge in [-0.05, 0) is 67.4 Å². The Balaban J connectivity index is 1.61. The second kappa shape index (κ2) is 12.0. The quantitative estimate of drug-likeness (QED) is 0.279. The number of carbonyl (C=O) groups excluding carboxylic acids is 4. The first kappa shape index (κ1) is 27.7. The van der Waals surface area contributed by atoms with Gasteiger partial charge in [-0.1, -0.05) is 47.5 Å². The van der Waals surface area contributed by atoms with Crippen LogP contribution in [0.15, 0.2) is 66.2 Å². The van der Waals surface area contributed by atoms with Gasteiger partial charge in [0.1, 0.15) is 5.57 Å². The lowest BCUT2D eigenvalue weighted by Crippen LogP contribution is -2.54. The highest BCUT2D eigenvalue weighted by atomic mass is 35.5. The summed E-state index contributed by atoms with van der Waals surface area (Å²) >= 11 is 12.6. The van der Waals surface area contributed by atoms with Crippen molar-refractivity contribution < 1.29 is 28.7 Å². The van der Waals surface area contributed by atoms with Gasteiger partial charge in [0.05, 0.1) is 17.3 Å². The molecule has 1 heterocycles. The van der Waals surface area contributed by atoms with E-state index in [4.69, 9.17) is 32.7 Å². The molecule has 0 aromatic heterocycles. The Morgan fingerprint density at radius 3 is 2.46 bits per heavy atom. The average Bonchev–Trinajstić information content (AvgIpc) is 2.89. The first-order chi connectivity index (χ1) is 18.7. The number of nitrogens with one attached hydrogen (secondary N) is 2. The molecule has 0 radical (unpaired) electrons. The number of halogens is 2. The molecule has 1 saturated heterocycles. The number of amides is 5. The van der Waals surface area contributed by atoms with E-state index in [9.17, 15) is 19.2 Å². The van der Waals surface area contributed by atoms with Crippen molar-refractivity contribution in [2.24, 2.45) is 0 Å². The molecule has 0 unspecified atom stereocenters. The summed E-state index contributed by atoms with van der Waals surface area (Å²) in [5.41, 5.74) is 1.38. The van der Waals surface area contributed by atoms with Gasteiger partial charge >= 0.3 is 6.03 Å². The third-order valence-corrected chi connectivity index (χ3v) is 6.32. The largest absolute Gasteiger partial charge is 0.490 e. The summed E-state index contributed by atoms with van der Waals surface area (Å²) in [5, 5.41) is 5.33. The summed E-state index contributed by atoms with van der Waals surface area (Å²) in [6, 6.07) is 15.7. The molecule has 11 heteroatoms. The summed E-state index contributed by atoms with van der Waals surface area (Å²) in [5.74, 6) is -1.79. The number of urea groups is 1.